The van der Waals surface area contributed by atoms with Crippen molar-refractivity contribution < 1.29 is 0 Å². The Bertz CT molecular complexity index is 462. The normalized spacial score (nSPS) is 11.1. The molecule has 0 aromatic heterocycles. The number of rotatable bonds is 21. The van der Waals surface area contributed by atoms with Crippen LogP contribution < -0.4 is 5.32 Å². The van der Waals surface area contributed by atoms with Crippen LogP contribution in [0.25, 0.3) is 6.08 Å². The van der Waals surface area contributed by atoms with Crippen molar-refractivity contribution in [3.05, 3.63) is 42.0 Å². The van der Waals surface area contributed by atoms with Gasteiger partial charge in [0, 0.05) is 0 Å². The SMILES string of the molecule is C=Cc1ccc(CCNCCCCCCCCCCCCCCCCCC)cc1. The van der Waals surface area contributed by atoms with Crippen LogP contribution in [0.15, 0.2) is 30.8 Å². The van der Waals surface area contributed by atoms with Crippen LogP contribution in [0.1, 0.15) is 121 Å². The van der Waals surface area contributed by atoms with Crippen LogP contribution in [0.3, 0.4) is 0 Å². The monoisotopic (exact) mass is 399 g/mol. The van der Waals surface area contributed by atoms with Gasteiger partial charge in [0.15, 0.2) is 0 Å². The van der Waals surface area contributed by atoms with E-state index in [1.54, 1.807) is 0 Å². The zero-order valence-electron chi connectivity index (χ0n) is 19.5. The van der Waals surface area contributed by atoms with Gasteiger partial charge in [0.05, 0.1) is 0 Å². The molecular weight excluding hydrogens is 350 g/mol. The zero-order chi connectivity index (χ0) is 20.8. The summed E-state index contributed by atoms with van der Waals surface area (Å²) >= 11 is 0. The Morgan fingerprint density at radius 3 is 1.52 bits per heavy atom. The summed E-state index contributed by atoms with van der Waals surface area (Å²) in [5.41, 5.74) is 2.62. The van der Waals surface area contributed by atoms with Crippen molar-refractivity contribution in [1.29, 1.82) is 0 Å². The first-order chi connectivity index (χ1) is 14.4. The molecule has 0 spiro atoms. The van der Waals surface area contributed by atoms with E-state index in [2.05, 4.69) is 43.1 Å². The first kappa shape index (κ1) is 26.0. The number of unbranched alkanes of at least 4 members (excludes halogenated alkanes) is 15. The second-order valence-corrected chi connectivity index (χ2v) is 8.75. The average molecular weight is 400 g/mol. The van der Waals surface area contributed by atoms with E-state index in [9.17, 15) is 0 Å². The highest BCUT2D eigenvalue weighted by Gasteiger charge is 1.96. The third-order valence-corrected chi connectivity index (χ3v) is 6.01. The molecule has 166 valence electrons. The minimum absolute atomic E-state index is 1.09. The predicted molar refractivity (Wildman–Crippen MR) is 133 cm³/mol. The van der Waals surface area contributed by atoms with Gasteiger partial charge in [0.2, 0.25) is 0 Å². The second kappa shape index (κ2) is 20.2. The standard InChI is InChI=1S/C28H49N/c1-3-5-6-7-8-9-10-11-12-13-14-15-16-17-18-19-25-29-26-24-28-22-20-27(4-2)21-23-28/h4,20-23,29H,2-3,5-19,24-26H2,1H3. The summed E-state index contributed by atoms with van der Waals surface area (Å²) < 4.78 is 0. The van der Waals surface area contributed by atoms with Gasteiger partial charge in [-0.3, -0.25) is 0 Å². The fourth-order valence-corrected chi connectivity index (χ4v) is 3.98. The Morgan fingerprint density at radius 2 is 1.07 bits per heavy atom. The Balaban J connectivity index is 1.73. The Labute approximate surface area is 182 Å². The van der Waals surface area contributed by atoms with E-state index in [1.807, 2.05) is 6.08 Å². The summed E-state index contributed by atoms with van der Waals surface area (Å²) in [6.07, 6.45) is 26.0. The van der Waals surface area contributed by atoms with Crippen LogP contribution in [0, 0.1) is 0 Å². The van der Waals surface area contributed by atoms with Gasteiger partial charge in [0.1, 0.15) is 0 Å². The maximum atomic E-state index is 3.80. The zero-order valence-corrected chi connectivity index (χ0v) is 19.5. The van der Waals surface area contributed by atoms with Gasteiger partial charge in [-0.05, 0) is 37.1 Å². The molecule has 0 unspecified atom stereocenters. The van der Waals surface area contributed by atoms with Crippen molar-refractivity contribution in [1.82, 2.24) is 5.32 Å². The van der Waals surface area contributed by atoms with Crippen LogP contribution in [0.4, 0.5) is 0 Å². The number of hydrogen-bond acceptors (Lipinski definition) is 1. The molecule has 1 aromatic rings. The minimum Gasteiger partial charge on any atom is -0.316 e. The molecule has 0 amide bonds. The first-order valence-corrected chi connectivity index (χ1v) is 12.8. The summed E-state index contributed by atoms with van der Waals surface area (Å²) in [5, 5.41) is 3.59. The molecule has 0 heterocycles. The van der Waals surface area contributed by atoms with Crippen LogP contribution in [0.5, 0.6) is 0 Å². The molecule has 1 nitrogen and oxygen atoms in total. The van der Waals surface area contributed by atoms with Crippen LogP contribution in [-0.4, -0.2) is 13.1 Å². The number of nitrogens with one attached hydrogen (secondary N) is 1. The highest BCUT2D eigenvalue weighted by molar-refractivity contribution is 5.47. The van der Waals surface area contributed by atoms with Gasteiger partial charge < -0.3 is 5.32 Å². The molecule has 0 aliphatic rings. The van der Waals surface area contributed by atoms with Crippen molar-refractivity contribution in [3.63, 3.8) is 0 Å². The molecule has 1 N–H and O–H groups in total. The van der Waals surface area contributed by atoms with Gasteiger partial charge in [-0.25, -0.2) is 0 Å². The van der Waals surface area contributed by atoms with E-state index in [1.165, 1.54) is 120 Å². The molecule has 1 rings (SSSR count). The molecule has 0 radical (unpaired) electrons. The third kappa shape index (κ3) is 16.4. The molecule has 0 aliphatic carbocycles. The van der Waals surface area contributed by atoms with Crippen molar-refractivity contribution in [2.75, 3.05) is 13.1 Å². The largest absolute Gasteiger partial charge is 0.316 e. The summed E-state index contributed by atoms with van der Waals surface area (Å²) in [7, 11) is 0. The van der Waals surface area contributed by atoms with Crippen molar-refractivity contribution in [2.45, 2.75) is 116 Å². The third-order valence-electron chi connectivity index (χ3n) is 6.01. The molecule has 0 saturated carbocycles. The molecule has 1 aromatic carbocycles. The summed E-state index contributed by atoms with van der Waals surface area (Å²) in [4.78, 5) is 0. The van der Waals surface area contributed by atoms with E-state index in [0.717, 1.165) is 13.0 Å². The smallest absolute Gasteiger partial charge is 0.000835 e. The highest BCUT2D eigenvalue weighted by atomic mass is 14.8. The van der Waals surface area contributed by atoms with Crippen molar-refractivity contribution >= 4 is 6.08 Å². The van der Waals surface area contributed by atoms with E-state index < -0.39 is 0 Å². The molecule has 0 fully saturated rings. The van der Waals surface area contributed by atoms with E-state index >= 15 is 0 Å². The van der Waals surface area contributed by atoms with Gasteiger partial charge in [-0.2, -0.15) is 0 Å². The molecule has 0 bridgehead atoms. The molecule has 29 heavy (non-hydrogen) atoms. The first-order valence-electron chi connectivity index (χ1n) is 12.8. The van der Waals surface area contributed by atoms with E-state index in [0.29, 0.717) is 0 Å². The highest BCUT2D eigenvalue weighted by Crippen LogP contribution is 2.13. The summed E-state index contributed by atoms with van der Waals surface area (Å²) in [6.45, 7) is 8.36. The molecule has 0 saturated heterocycles. The average Bonchev–Trinajstić information content (AvgIpc) is 2.75. The lowest BCUT2D eigenvalue weighted by Gasteiger charge is -2.06. The van der Waals surface area contributed by atoms with E-state index in [4.69, 9.17) is 0 Å². The molecule has 0 atom stereocenters. The Hall–Kier alpha value is -1.08. The van der Waals surface area contributed by atoms with Gasteiger partial charge >= 0.3 is 0 Å². The summed E-state index contributed by atoms with van der Waals surface area (Å²) in [6, 6.07) is 8.73. The minimum atomic E-state index is 1.09. The maximum absolute atomic E-state index is 3.80. The lowest BCUT2D eigenvalue weighted by Crippen LogP contribution is -2.18. The molecule has 0 aliphatic heterocycles. The van der Waals surface area contributed by atoms with E-state index in [-0.39, 0.29) is 0 Å². The van der Waals surface area contributed by atoms with Crippen molar-refractivity contribution in [2.24, 2.45) is 0 Å². The lowest BCUT2D eigenvalue weighted by molar-refractivity contribution is 0.525. The second-order valence-electron chi connectivity index (χ2n) is 8.75. The van der Waals surface area contributed by atoms with Crippen LogP contribution >= 0.6 is 0 Å². The molecular formula is C28H49N. The van der Waals surface area contributed by atoms with Gasteiger partial charge in [-0.15, -0.1) is 0 Å². The number of hydrogen-bond donors (Lipinski definition) is 1. The fraction of sp³-hybridized carbons (Fsp3) is 0.714. The predicted octanol–water partition coefficient (Wildman–Crippen LogP) is 8.72. The summed E-state index contributed by atoms with van der Waals surface area (Å²) in [5.74, 6) is 0. The van der Waals surface area contributed by atoms with Gasteiger partial charge in [-0.1, -0.05) is 140 Å². The lowest BCUT2D eigenvalue weighted by atomic mass is 10.0. The quantitative estimate of drug-likeness (QED) is 0.204. The van der Waals surface area contributed by atoms with Gasteiger partial charge in [0.25, 0.3) is 0 Å². The van der Waals surface area contributed by atoms with Crippen LogP contribution in [-0.2, 0) is 6.42 Å². The topological polar surface area (TPSA) is 12.0 Å². The molecule has 1 heteroatoms. The fourth-order valence-electron chi connectivity index (χ4n) is 3.98. The maximum Gasteiger partial charge on any atom is -0.000835 e. The van der Waals surface area contributed by atoms with Crippen molar-refractivity contribution in [3.8, 4) is 0 Å². The van der Waals surface area contributed by atoms with Crippen LogP contribution in [0.2, 0.25) is 0 Å². The Kier molecular flexibility index (Phi) is 18.1. The Morgan fingerprint density at radius 1 is 0.621 bits per heavy atom. The number of benzene rings is 1.